The van der Waals surface area contributed by atoms with Crippen molar-refractivity contribution in [3.63, 3.8) is 0 Å². The zero-order valence-electron chi connectivity index (χ0n) is 13.9. The van der Waals surface area contributed by atoms with Crippen LogP contribution in [0.25, 0.3) is 0 Å². The lowest BCUT2D eigenvalue weighted by molar-refractivity contribution is -0.132. The Morgan fingerprint density at radius 2 is 1.61 bits per heavy atom. The van der Waals surface area contributed by atoms with Gasteiger partial charge in [-0.2, -0.15) is 0 Å². The monoisotopic (exact) mass is 326 g/mol. The molecule has 23 heavy (non-hydrogen) atoms. The molecule has 0 bridgehead atoms. The predicted octanol–water partition coefficient (Wildman–Crippen LogP) is -1.74. The maximum absolute atomic E-state index is 12.5. The van der Waals surface area contributed by atoms with Gasteiger partial charge in [-0.3, -0.25) is 19.5 Å². The molecule has 0 radical (unpaired) electrons. The summed E-state index contributed by atoms with van der Waals surface area (Å²) >= 11 is 0. The molecule has 2 atom stereocenters. The number of amides is 1. The van der Waals surface area contributed by atoms with Crippen molar-refractivity contribution >= 4 is 5.91 Å². The van der Waals surface area contributed by atoms with Crippen LogP contribution in [0.3, 0.4) is 0 Å². The van der Waals surface area contributed by atoms with E-state index in [1.54, 1.807) is 0 Å². The van der Waals surface area contributed by atoms with Gasteiger partial charge in [0.05, 0.1) is 25.3 Å². The fraction of sp³-hybridized carbons (Fsp3) is 0.938. The average Bonchev–Trinajstić information content (AvgIpc) is 3.18. The summed E-state index contributed by atoms with van der Waals surface area (Å²) in [5.74, 6) is 0.140. The molecule has 3 rings (SSSR count). The van der Waals surface area contributed by atoms with E-state index in [-0.39, 0.29) is 18.6 Å². The molecule has 1 amide bonds. The number of hydrogen-bond donors (Lipinski definition) is 2. The highest BCUT2D eigenvalue weighted by Crippen LogP contribution is 2.21. The number of piperazine rings is 1. The van der Waals surface area contributed by atoms with Gasteiger partial charge in [0.25, 0.3) is 0 Å². The summed E-state index contributed by atoms with van der Waals surface area (Å²) in [6.07, 6.45) is 2.00. The molecule has 0 aromatic rings. The minimum absolute atomic E-state index is 0.128. The lowest BCUT2D eigenvalue weighted by Gasteiger charge is -2.34. The molecule has 0 aromatic heterocycles. The minimum atomic E-state index is -0.404. The fourth-order valence-corrected chi connectivity index (χ4v) is 4.01. The van der Waals surface area contributed by atoms with Crippen LogP contribution in [-0.2, 0) is 4.79 Å². The number of hydrogen-bond acceptors (Lipinski definition) is 6. The molecule has 0 saturated carbocycles. The van der Waals surface area contributed by atoms with E-state index in [4.69, 9.17) is 5.11 Å². The van der Waals surface area contributed by atoms with Gasteiger partial charge in [-0.05, 0) is 25.9 Å². The maximum Gasteiger partial charge on any atom is 0.236 e. The smallest absolute Gasteiger partial charge is 0.236 e. The largest absolute Gasteiger partial charge is 0.395 e. The van der Waals surface area contributed by atoms with Crippen LogP contribution in [0.2, 0.25) is 0 Å². The summed E-state index contributed by atoms with van der Waals surface area (Å²) in [5.41, 5.74) is 0. The molecule has 3 saturated heterocycles. The molecule has 2 N–H and O–H groups in total. The summed E-state index contributed by atoms with van der Waals surface area (Å²) in [6, 6.07) is 0.128. The Bertz CT molecular complexity index is 395. The van der Waals surface area contributed by atoms with Gasteiger partial charge in [0, 0.05) is 45.8 Å². The Kier molecular flexibility index (Phi) is 5.87. The molecule has 0 aromatic carbocycles. The van der Waals surface area contributed by atoms with Gasteiger partial charge >= 0.3 is 0 Å². The molecule has 0 spiro atoms. The first-order chi connectivity index (χ1) is 11.2. The van der Waals surface area contributed by atoms with Gasteiger partial charge < -0.3 is 15.1 Å². The second-order valence-corrected chi connectivity index (χ2v) is 7.02. The zero-order chi connectivity index (χ0) is 16.2. The van der Waals surface area contributed by atoms with Crippen molar-refractivity contribution < 1.29 is 15.0 Å². The van der Waals surface area contributed by atoms with Crippen molar-refractivity contribution in [1.82, 2.24) is 19.6 Å². The van der Waals surface area contributed by atoms with Crippen LogP contribution in [0.15, 0.2) is 0 Å². The molecule has 7 nitrogen and oxygen atoms in total. The molecule has 3 aliphatic rings. The van der Waals surface area contributed by atoms with Gasteiger partial charge in [-0.15, -0.1) is 0 Å². The van der Waals surface area contributed by atoms with E-state index < -0.39 is 6.10 Å². The second-order valence-electron chi connectivity index (χ2n) is 7.02. The Hall–Kier alpha value is -0.730. The van der Waals surface area contributed by atoms with Crippen molar-refractivity contribution in [2.45, 2.75) is 25.0 Å². The van der Waals surface area contributed by atoms with Gasteiger partial charge in [-0.25, -0.2) is 0 Å². The standard InChI is InChI=1S/C16H30N4O3/c21-10-9-17-5-7-18(8-6-17)13-16(23)20-11-14(15(22)12-20)19-3-1-2-4-19/h14-15,21-22H,1-13H2/t14-,15-/m1/s1. The van der Waals surface area contributed by atoms with E-state index in [1.807, 2.05) is 4.90 Å². The summed E-state index contributed by atoms with van der Waals surface area (Å²) in [5, 5.41) is 19.3. The third kappa shape index (κ3) is 4.22. The predicted molar refractivity (Wildman–Crippen MR) is 87.1 cm³/mol. The van der Waals surface area contributed by atoms with E-state index in [9.17, 15) is 9.90 Å². The minimum Gasteiger partial charge on any atom is -0.395 e. The first-order valence-corrected chi connectivity index (χ1v) is 8.93. The molecular formula is C16H30N4O3. The summed E-state index contributed by atoms with van der Waals surface area (Å²) in [7, 11) is 0. The van der Waals surface area contributed by atoms with E-state index in [0.29, 0.717) is 19.6 Å². The van der Waals surface area contributed by atoms with E-state index in [2.05, 4.69) is 14.7 Å². The maximum atomic E-state index is 12.5. The SMILES string of the molecule is O=C(CN1CCN(CCO)CC1)N1C[C@@H](O)[C@H](N2CCCC2)C1. The number of β-amino-alcohol motifs (C(OH)–C–C–N with tert-alkyl or cyclic N) is 2. The zero-order valence-corrected chi connectivity index (χ0v) is 13.9. The number of aliphatic hydroxyl groups is 2. The van der Waals surface area contributed by atoms with Crippen LogP contribution in [0.1, 0.15) is 12.8 Å². The Morgan fingerprint density at radius 1 is 0.957 bits per heavy atom. The molecule has 3 aliphatic heterocycles. The van der Waals surface area contributed by atoms with Crippen LogP contribution in [0.5, 0.6) is 0 Å². The molecule has 7 heteroatoms. The van der Waals surface area contributed by atoms with E-state index in [1.165, 1.54) is 12.8 Å². The number of rotatable bonds is 5. The van der Waals surface area contributed by atoms with Gasteiger partial charge in [-0.1, -0.05) is 0 Å². The first-order valence-electron chi connectivity index (χ1n) is 8.93. The topological polar surface area (TPSA) is 70.5 Å². The highest BCUT2D eigenvalue weighted by molar-refractivity contribution is 5.78. The normalized spacial score (nSPS) is 31.1. The Labute approximate surface area is 138 Å². The van der Waals surface area contributed by atoms with Gasteiger partial charge in [0.2, 0.25) is 5.91 Å². The van der Waals surface area contributed by atoms with Crippen LogP contribution < -0.4 is 0 Å². The highest BCUT2D eigenvalue weighted by atomic mass is 16.3. The molecule has 0 unspecified atom stereocenters. The Balaban J connectivity index is 1.44. The number of carbonyl (C=O) groups is 1. The Morgan fingerprint density at radius 3 is 2.26 bits per heavy atom. The van der Waals surface area contributed by atoms with Crippen LogP contribution in [0.4, 0.5) is 0 Å². The summed E-state index contributed by atoms with van der Waals surface area (Å²) in [4.78, 5) is 21.1. The lowest BCUT2D eigenvalue weighted by Crippen LogP contribution is -2.50. The van der Waals surface area contributed by atoms with Crippen molar-refractivity contribution in [3.05, 3.63) is 0 Å². The third-order valence-electron chi connectivity index (χ3n) is 5.46. The van der Waals surface area contributed by atoms with Crippen molar-refractivity contribution in [1.29, 1.82) is 0 Å². The molecule has 3 heterocycles. The van der Waals surface area contributed by atoms with Gasteiger partial charge in [0.15, 0.2) is 0 Å². The second kappa shape index (κ2) is 7.90. The number of likely N-dealkylation sites (tertiary alicyclic amines) is 2. The van der Waals surface area contributed by atoms with E-state index in [0.717, 1.165) is 45.8 Å². The quantitative estimate of drug-likeness (QED) is 0.625. The molecule has 0 aliphatic carbocycles. The summed E-state index contributed by atoms with van der Waals surface area (Å²) in [6.45, 7) is 8.18. The third-order valence-corrected chi connectivity index (χ3v) is 5.46. The number of aliphatic hydroxyl groups excluding tert-OH is 2. The van der Waals surface area contributed by atoms with Crippen molar-refractivity contribution in [2.75, 3.05) is 72.1 Å². The first kappa shape index (κ1) is 17.1. The van der Waals surface area contributed by atoms with Crippen molar-refractivity contribution in [3.8, 4) is 0 Å². The van der Waals surface area contributed by atoms with Crippen LogP contribution in [-0.4, -0.2) is 120 Å². The lowest BCUT2D eigenvalue weighted by atomic mass is 10.2. The van der Waals surface area contributed by atoms with Crippen molar-refractivity contribution in [2.24, 2.45) is 0 Å². The summed E-state index contributed by atoms with van der Waals surface area (Å²) < 4.78 is 0. The van der Waals surface area contributed by atoms with Gasteiger partial charge in [0.1, 0.15) is 0 Å². The molecule has 132 valence electrons. The number of nitrogens with zero attached hydrogens (tertiary/aromatic N) is 4. The fourth-order valence-electron chi connectivity index (χ4n) is 4.01. The average molecular weight is 326 g/mol. The van der Waals surface area contributed by atoms with E-state index >= 15 is 0 Å². The molecular weight excluding hydrogens is 296 g/mol. The van der Waals surface area contributed by atoms with Crippen LogP contribution >= 0.6 is 0 Å². The molecule has 3 fully saturated rings. The highest BCUT2D eigenvalue weighted by Gasteiger charge is 2.38. The van der Waals surface area contributed by atoms with Crippen LogP contribution in [0, 0.1) is 0 Å². The number of carbonyl (C=O) groups excluding carboxylic acids is 1.